The first kappa shape index (κ1) is 16.5. The van der Waals surface area contributed by atoms with Gasteiger partial charge in [-0.3, -0.25) is 4.79 Å². The highest BCUT2D eigenvalue weighted by Gasteiger charge is 2.10. The van der Waals surface area contributed by atoms with E-state index in [2.05, 4.69) is 12.2 Å². The lowest BCUT2D eigenvalue weighted by atomic mass is 10.0. The second-order valence-corrected chi connectivity index (χ2v) is 5.18. The van der Waals surface area contributed by atoms with Crippen molar-refractivity contribution in [3.8, 4) is 0 Å². The average molecular weight is 299 g/mol. The third-order valence-corrected chi connectivity index (χ3v) is 3.33. The first-order chi connectivity index (χ1) is 9.43. The molecule has 1 rings (SSSR count). The van der Waals surface area contributed by atoms with Crippen LogP contribution in [0, 0.1) is 5.92 Å². The van der Waals surface area contributed by atoms with Gasteiger partial charge in [-0.15, -0.1) is 0 Å². The SMILES string of the molecule is CC(CCN)CCC(=O)Nc1ccc(C(=O)O)cc1Cl. The van der Waals surface area contributed by atoms with E-state index < -0.39 is 5.97 Å². The Morgan fingerprint density at radius 1 is 1.40 bits per heavy atom. The topological polar surface area (TPSA) is 92.4 Å². The van der Waals surface area contributed by atoms with Gasteiger partial charge in [0.1, 0.15) is 0 Å². The van der Waals surface area contributed by atoms with E-state index in [0.717, 1.165) is 12.8 Å². The van der Waals surface area contributed by atoms with Gasteiger partial charge < -0.3 is 16.2 Å². The molecule has 0 bridgehead atoms. The van der Waals surface area contributed by atoms with Gasteiger partial charge in [0.05, 0.1) is 16.3 Å². The fraction of sp³-hybridized carbons (Fsp3) is 0.429. The van der Waals surface area contributed by atoms with Crippen molar-refractivity contribution < 1.29 is 14.7 Å². The number of nitrogens with one attached hydrogen (secondary N) is 1. The third kappa shape index (κ3) is 5.19. The van der Waals surface area contributed by atoms with E-state index in [1.807, 2.05) is 0 Å². The van der Waals surface area contributed by atoms with Crippen LogP contribution in [0.25, 0.3) is 0 Å². The number of hydrogen-bond acceptors (Lipinski definition) is 3. The van der Waals surface area contributed by atoms with Gasteiger partial charge >= 0.3 is 5.97 Å². The molecule has 0 aliphatic heterocycles. The molecule has 0 radical (unpaired) electrons. The van der Waals surface area contributed by atoms with E-state index in [9.17, 15) is 9.59 Å². The van der Waals surface area contributed by atoms with E-state index in [1.54, 1.807) is 0 Å². The normalized spacial score (nSPS) is 11.9. The fourth-order valence-corrected chi connectivity index (χ4v) is 2.00. The molecule has 0 fully saturated rings. The number of amides is 1. The zero-order valence-electron chi connectivity index (χ0n) is 11.4. The van der Waals surface area contributed by atoms with Crippen molar-refractivity contribution in [3.05, 3.63) is 28.8 Å². The minimum absolute atomic E-state index is 0.0876. The molecule has 4 N–H and O–H groups in total. The molecule has 6 heteroatoms. The Balaban J connectivity index is 2.56. The van der Waals surface area contributed by atoms with Gasteiger partial charge in [-0.05, 0) is 43.5 Å². The molecule has 1 aromatic carbocycles. The number of hydrogen-bond donors (Lipinski definition) is 3. The molecule has 0 aliphatic rings. The number of nitrogens with two attached hydrogens (primary N) is 1. The van der Waals surface area contributed by atoms with Crippen molar-refractivity contribution in [3.63, 3.8) is 0 Å². The van der Waals surface area contributed by atoms with Crippen LogP contribution in [-0.4, -0.2) is 23.5 Å². The maximum Gasteiger partial charge on any atom is 0.335 e. The first-order valence-corrected chi connectivity index (χ1v) is 6.84. The van der Waals surface area contributed by atoms with Crippen LogP contribution in [0.15, 0.2) is 18.2 Å². The van der Waals surface area contributed by atoms with Gasteiger partial charge in [0.25, 0.3) is 0 Å². The standard InChI is InChI=1S/C14H19ClN2O3/c1-9(6-7-16)2-5-13(18)17-12-4-3-10(14(19)20)8-11(12)15/h3-4,8-9H,2,5-7,16H2,1H3,(H,17,18)(H,19,20). The minimum atomic E-state index is -1.06. The lowest BCUT2D eigenvalue weighted by Crippen LogP contribution is -2.14. The van der Waals surface area contributed by atoms with Crippen molar-refractivity contribution >= 4 is 29.2 Å². The Kier molecular flexibility index (Phi) is 6.48. The fourth-order valence-electron chi connectivity index (χ4n) is 1.77. The van der Waals surface area contributed by atoms with Crippen LogP contribution in [0.5, 0.6) is 0 Å². The van der Waals surface area contributed by atoms with Crippen molar-refractivity contribution in [2.24, 2.45) is 11.7 Å². The van der Waals surface area contributed by atoms with Crippen LogP contribution >= 0.6 is 11.6 Å². The second kappa shape index (κ2) is 7.87. The lowest BCUT2D eigenvalue weighted by Gasteiger charge is -2.11. The van der Waals surface area contributed by atoms with Crippen LogP contribution in [-0.2, 0) is 4.79 Å². The smallest absolute Gasteiger partial charge is 0.335 e. The van der Waals surface area contributed by atoms with Gasteiger partial charge in [-0.1, -0.05) is 18.5 Å². The highest BCUT2D eigenvalue weighted by atomic mass is 35.5. The molecule has 1 amide bonds. The maximum absolute atomic E-state index is 11.8. The molecule has 0 heterocycles. The number of carbonyl (C=O) groups is 2. The minimum Gasteiger partial charge on any atom is -0.478 e. The number of anilines is 1. The number of carboxylic acid groups (broad SMARTS) is 1. The number of halogens is 1. The summed E-state index contributed by atoms with van der Waals surface area (Å²) in [5.41, 5.74) is 5.96. The predicted octanol–water partition coefficient (Wildman–Crippen LogP) is 2.74. The first-order valence-electron chi connectivity index (χ1n) is 6.46. The molecule has 1 aromatic rings. The van der Waals surface area contributed by atoms with E-state index in [0.29, 0.717) is 24.6 Å². The monoisotopic (exact) mass is 298 g/mol. The van der Waals surface area contributed by atoms with E-state index in [-0.39, 0.29) is 16.5 Å². The third-order valence-electron chi connectivity index (χ3n) is 3.01. The highest BCUT2D eigenvalue weighted by molar-refractivity contribution is 6.34. The molecule has 0 aromatic heterocycles. The lowest BCUT2D eigenvalue weighted by molar-refractivity contribution is -0.116. The van der Waals surface area contributed by atoms with Gasteiger partial charge in [0.15, 0.2) is 0 Å². The summed E-state index contributed by atoms with van der Waals surface area (Å²) < 4.78 is 0. The van der Waals surface area contributed by atoms with E-state index in [1.165, 1.54) is 18.2 Å². The molecule has 0 saturated carbocycles. The van der Waals surface area contributed by atoms with Gasteiger partial charge in [-0.25, -0.2) is 4.79 Å². The summed E-state index contributed by atoms with van der Waals surface area (Å²) in [5, 5.41) is 11.7. The van der Waals surface area contributed by atoms with Crippen molar-refractivity contribution in [1.29, 1.82) is 0 Å². The van der Waals surface area contributed by atoms with E-state index >= 15 is 0 Å². The summed E-state index contributed by atoms with van der Waals surface area (Å²) in [5.74, 6) is -0.796. The molecule has 0 saturated heterocycles. The van der Waals surface area contributed by atoms with Crippen LogP contribution in [0.1, 0.15) is 36.5 Å². The number of carboxylic acids is 1. The number of benzene rings is 1. The molecular formula is C14H19ClN2O3. The van der Waals surface area contributed by atoms with Crippen LogP contribution < -0.4 is 11.1 Å². The molecule has 0 spiro atoms. The van der Waals surface area contributed by atoms with Crippen LogP contribution in [0.4, 0.5) is 5.69 Å². The quantitative estimate of drug-likeness (QED) is 0.721. The van der Waals surface area contributed by atoms with Gasteiger partial charge in [0, 0.05) is 6.42 Å². The molecular weight excluding hydrogens is 280 g/mol. The maximum atomic E-state index is 11.8. The zero-order valence-corrected chi connectivity index (χ0v) is 12.1. The Hall–Kier alpha value is -1.59. The Bertz CT molecular complexity index is 491. The Labute approximate surface area is 123 Å². The van der Waals surface area contributed by atoms with Crippen LogP contribution in [0.2, 0.25) is 5.02 Å². The highest BCUT2D eigenvalue weighted by Crippen LogP contribution is 2.23. The molecule has 110 valence electrons. The van der Waals surface area contributed by atoms with Crippen molar-refractivity contribution in [1.82, 2.24) is 0 Å². The molecule has 5 nitrogen and oxygen atoms in total. The van der Waals surface area contributed by atoms with Gasteiger partial charge in [-0.2, -0.15) is 0 Å². The Morgan fingerprint density at radius 3 is 2.65 bits per heavy atom. The second-order valence-electron chi connectivity index (χ2n) is 4.77. The molecule has 20 heavy (non-hydrogen) atoms. The van der Waals surface area contributed by atoms with Crippen LogP contribution in [0.3, 0.4) is 0 Å². The molecule has 0 aliphatic carbocycles. The zero-order chi connectivity index (χ0) is 15.1. The number of aromatic carboxylic acids is 1. The largest absolute Gasteiger partial charge is 0.478 e. The predicted molar refractivity (Wildman–Crippen MR) is 79.1 cm³/mol. The van der Waals surface area contributed by atoms with E-state index in [4.69, 9.17) is 22.4 Å². The summed E-state index contributed by atoms with van der Waals surface area (Å²) in [4.78, 5) is 22.5. The summed E-state index contributed by atoms with van der Waals surface area (Å²) in [6.45, 7) is 2.67. The Morgan fingerprint density at radius 2 is 2.10 bits per heavy atom. The summed E-state index contributed by atoms with van der Waals surface area (Å²) in [6.07, 6.45) is 2.04. The molecule has 1 unspecified atom stereocenters. The van der Waals surface area contributed by atoms with Gasteiger partial charge in [0.2, 0.25) is 5.91 Å². The summed E-state index contributed by atoms with van der Waals surface area (Å²) >= 11 is 5.94. The summed E-state index contributed by atoms with van der Waals surface area (Å²) in [6, 6.07) is 4.21. The number of rotatable bonds is 7. The van der Waals surface area contributed by atoms with Crippen molar-refractivity contribution in [2.45, 2.75) is 26.2 Å². The average Bonchev–Trinajstić information content (AvgIpc) is 2.39. The molecule has 1 atom stereocenters. The number of carbonyl (C=O) groups excluding carboxylic acids is 1. The van der Waals surface area contributed by atoms with Crippen molar-refractivity contribution in [2.75, 3.05) is 11.9 Å². The summed E-state index contributed by atoms with van der Waals surface area (Å²) in [7, 11) is 0.